The molecule has 0 bridgehead atoms. The van der Waals surface area contributed by atoms with E-state index >= 15 is 0 Å². The van der Waals surface area contributed by atoms with Gasteiger partial charge in [-0.3, -0.25) is 0 Å². The van der Waals surface area contributed by atoms with Gasteiger partial charge >= 0.3 is 0 Å². The molecule has 0 amide bonds. The standard InChI is InChI=1S/C11H11N3OS/c1-8-4-2-3-5-9(8)12-11(16)13-10-6-7-15-14-10/h2-7H,1H3,(H2,12,13,14,16). The molecular weight excluding hydrogens is 222 g/mol. The number of hydrogen-bond donors (Lipinski definition) is 2. The summed E-state index contributed by atoms with van der Waals surface area (Å²) < 4.78 is 4.69. The third-order valence-electron chi connectivity index (χ3n) is 2.07. The van der Waals surface area contributed by atoms with Crippen LogP contribution in [0.3, 0.4) is 0 Å². The van der Waals surface area contributed by atoms with Gasteiger partial charge in [-0.25, -0.2) is 0 Å². The highest BCUT2D eigenvalue weighted by atomic mass is 32.1. The average molecular weight is 233 g/mol. The van der Waals surface area contributed by atoms with Gasteiger partial charge in [-0.1, -0.05) is 23.4 Å². The van der Waals surface area contributed by atoms with Gasteiger partial charge in [0, 0.05) is 11.8 Å². The SMILES string of the molecule is Cc1ccccc1NC(=S)Nc1ccon1. The summed E-state index contributed by atoms with van der Waals surface area (Å²) in [6, 6.07) is 9.61. The molecule has 0 aliphatic carbocycles. The van der Waals surface area contributed by atoms with Crippen LogP contribution >= 0.6 is 12.2 Å². The molecule has 0 saturated carbocycles. The molecule has 82 valence electrons. The van der Waals surface area contributed by atoms with E-state index in [1.165, 1.54) is 6.26 Å². The monoisotopic (exact) mass is 233 g/mol. The molecule has 0 aliphatic heterocycles. The van der Waals surface area contributed by atoms with Gasteiger partial charge in [-0.2, -0.15) is 0 Å². The topological polar surface area (TPSA) is 50.1 Å². The maximum absolute atomic E-state index is 5.14. The predicted octanol–water partition coefficient (Wildman–Crippen LogP) is 2.79. The van der Waals surface area contributed by atoms with Crippen molar-refractivity contribution in [2.45, 2.75) is 6.92 Å². The zero-order valence-corrected chi connectivity index (χ0v) is 9.54. The Morgan fingerprint density at radius 2 is 2.06 bits per heavy atom. The summed E-state index contributed by atoms with van der Waals surface area (Å²) in [5.74, 6) is 0.589. The lowest BCUT2D eigenvalue weighted by Crippen LogP contribution is -2.19. The van der Waals surface area contributed by atoms with Crippen molar-refractivity contribution in [3.63, 3.8) is 0 Å². The van der Waals surface area contributed by atoms with E-state index in [9.17, 15) is 0 Å². The first-order chi connectivity index (χ1) is 7.75. The predicted molar refractivity (Wildman–Crippen MR) is 67.5 cm³/mol. The van der Waals surface area contributed by atoms with Crippen LogP contribution in [0, 0.1) is 6.92 Å². The van der Waals surface area contributed by atoms with Crippen molar-refractivity contribution < 1.29 is 4.52 Å². The van der Waals surface area contributed by atoms with Gasteiger partial charge in [0.25, 0.3) is 0 Å². The first-order valence-electron chi connectivity index (χ1n) is 4.80. The van der Waals surface area contributed by atoms with Crippen molar-refractivity contribution in [3.05, 3.63) is 42.2 Å². The zero-order chi connectivity index (χ0) is 11.4. The molecule has 0 atom stereocenters. The number of aryl methyl sites for hydroxylation is 1. The highest BCUT2D eigenvalue weighted by Gasteiger charge is 2.02. The maximum atomic E-state index is 5.14. The Labute approximate surface area is 98.6 Å². The number of nitrogens with zero attached hydrogens (tertiary/aromatic N) is 1. The highest BCUT2D eigenvalue weighted by molar-refractivity contribution is 7.80. The van der Waals surface area contributed by atoms with Crippen LogP contribution < -0.4 is 10.6 Å². The zero-order valence-electron chi connectivity index (χ0n) is 8.73. The molecule has 0 aliphatic rings. The number of aromatic nitrogens is 1. The summed E-state index contributed by atoms with van der Waals surface area (Å²) in [5, 5.41) is 10.2. The molecule has 0 unspecified atom stereocenters. The van der Waals surface area contributed by atoms with Crippen molar-refractivity contribution in [3.8, 4) is 0 Å². The van der Waals surface area contributed by atoms with Gasteiger partial charge < -0.3 is 15.2 Å². The summed E-state index contributed by atoms with van der Waals surface area (Å²) >= 11 is 5.14. The number of para-hydroxylation sites is 1. The third-order valence-corrected chi connectivity index (χ3v) is 2.28. The highest BCUT2D eigenvalue weighted by Crippen LogP contribution is 2.13. The van der Waals surface area contributed by atoms with Crippen LogP contribution in [0.4, 0.5) is 11.5 Å². The molecule has 2 aromatic rings. The minimum absolute atomic E-state index is 0.489. The second-order valence-corrected chi connectivity index (χ2v) is 3.69. The quantitative estimate of drug-likeness (QED) is 0.781. The third kappa shape index (κ3) is 2.58. The number of rotatable bonds is 2. The van der Waals surface area contributed by atoms with Crippen molar-refractivity contribution in [2.24, 2.45) is 0 Å². The normalized spacial score (nSPS) is 9.81. The van der Waals surface area contributed by atoms with Crippen molar-refractivity contribution >= 4 is 28.8 Å². The van der Waals surface area contributed by atoms with Gasteiger partial charge in [0.15, 0.2) is 10.9 Å². The van der Waals surface area contributed by atoms with Gasteiger partial charge in [0.05, 0.1) is 0 Å². The molecular formula is C11H11N3OS. The second-order valence-electron chi connectivity index (χ2n) is 3.28. The summed E-state index contributed by atoms with van der Waals surface area (Å²) in [6.45, 7) is 2.01. The Morgan fingerprint density at radius 1 is 1.25 bits per heavy atom. The van der Waals surface area contributed by atoms with Crippen LogP contribution in [0.2, 0.25) is 0 Å². The molecule has 2 rings (SSSR count). The Kier molecular flexibility index (Phi) is 3.16. The molecule has 1 heterocycles. The van der Waals surface area contributed by atoms with Gasteiger partial charge in [0.1, 0.15) is 6.26 Å². The number of benzene rings is 1. The van der Waals surface area contributed by atoms with Crippen LogP contribution in [-0.4, -0.2) is 10.3 Å². The average Bonchev–Trinajstić information content (AvgIpc) is 2.74. The Hall–Kier alpha value is -1.88. The largest absolute Gasteiger partial charge is 0.363 e. The van der Waals surface area contributed by atoms with Gasteiger partial charge in [0.2, 0.25) is 0 Å². The van der Waals surface area contributed by atoms with E-state index in [0.717, 1.165) is 11.3 Å². The second kappa shape index (κ2) is 4.76. The van der Waals surface area contributed by atoms with E-state index in [4.69, 9.17) is 12.2 Å². The lowest BCUT2D eigenvalue weighted by molar-refractivity contribution is 0.423. The first kappa shape index (κ1) is 10.6. The fourth-order valence-electron chi connectivity index (χ4n) is 1.26. The van der Waals surface area contributed by atoms with Gasteiger partial charge in [-0.05, 0) is 30.8 Å². The smallest absolute Gasteiger partial charge is 0.176 e. The van der Waals surface area contributed by atoms with E-state index < -0.39 is 0 Å². The minimum Gasteiger partial charge on any atom is -0.363 e. The van der Waals surface area contributed by atoms with Crippen LogP contribution in [0.15, 0.2) is 41.1 Å². The molecule has 0 spiro atoms. The molecule has 4 nitrogen and oxygen atoms in total. The van der Waals surface area contributed by atoms with E-state index in [1.807, 2.05) is 31.2 Å². The molecule has 16 heavy (non-hydrogen) atoms. The number of anilines is 2. The Bertz CT molecular complexity index is 482. The minimum atomic E-state index is 0.489. The lowest BCUT2D eigenvalue weighted by atomic mass is 10.2. The van der Waals surface area contributed by atoms with Crippen molar-refractivity contribution in [1.29, 1.82) is 0 Å². The fourth-order valence-corrected chi connectivity index (χ4v) is 1.47. The lowest BCUT2D eigenvalue weighted by Gasteiger charge is -2.10. The van der Waals surface area contributed by atoms with E-state index in [-0.39, 0.29) is 0 Å². The van der Waals surface area contributed by atoms with E-state index in [1.54, 1.807) is 6.07 Å². The van der Waals surface area contributed by atoms with E-state index in [0.29, 0.717) is 10.9 Å². The first-order valence-corrected chi connectivity index (χ1v) is 5.20. The molecule has 0 saturated heterocycles. The Balaban J connectivity index is 2.00. The molecule has 0 fully saturated rings. The molecule has 5 heteroatoms. The molecule has 1 aromatic carbocycles. The number of nitrogens with one attached hydrogen (secondary N) is 2. The van der Waals surface area contributed by atoms with Crippen molar-refractivity contribution in [2.75, 3.05) is 10.6 Å². The fraction of sp³-hybridized carbons (Fsp3) is 0.0909. The van der Waals surface area contributed by atoms with Crippen LogP contribution in [0.25, 0.3) is 0 Å². The summed E-state index contributed by atoms with van der Waals surface area (Å²) in [4.78, 5) is 0. The molecule has 0 radical (unpaired) electrons. The van der Waals surface area contributed by atoms with Crippen LogP contribution in [0.5, 0.6) is 0 Å². The van der Waals surface area contributed by atoms with E-state index in [2.05, 4.69) is 20.3 Å². The van der Waals surface area contributed by atoms with Crippen LogP contribution in [-0.2, 0) is 0 Å². The van der Waals surface area contributed by atoms with Crippen molar-refractivity contribution in [1.82, 2.24) is 5.16 Å². The molecule has 2 N–H and O–H groups in total. The Morgan fingerprint density at radius 3 is 2.75 bits per heavy atom. The summed E-state index contributed by atoms with van der Waals surface area (Å²) in [7, 11) is 0. The molecule has 1 aromatic heterocycles. The summed E-state index contributed by atoms with van der Waals surface area (Å²) in [5.41, 5.74) is 2.11. The number of hydrogen-bond acceptors (Lipinski definition) is 3. The van der Waals surface area contributed by atoms with Gasteiger partial charge in [-0.15, -0.1) is 0 Å². The summed E-state index contributed by atoms with van der Waals surface area (Å²) in [6.07, 6.45) is 1.48. The van der Waals surface area contributed by atoms with Crippen LogP contribution in [0.1, 0.15) is 5.56 Å². The maximum Gasteiger partial charge on any atom is 0.176 e. The number of thiocarbonyl (C=S) groups is 1.